The fourth-order valence-electron chi connectivity index (χ4n) is 3.86. The van der Waals surface area contributed by atoms with Crippen molar-refractivity contribution in [1.29, 1.82) is 0 Å². The SMILES string of the molecule is COC1CCN(C(=O)c2ccc3c(c2)C(=O)N(c2cccc(C)c2C)C3=O)C1. The van der Waals surface area contributed by atoms with Crippen LogP contribution in [0.2, 0.25) is 0 Å². The highest BCUT2D eigenvalue weighted by atomic mass is 16.5. The van der Waals surface area contributed by atoms with E-state index in [0.717, 1.165) is 17.5 Å². The molecule has 0 radical (unpaired) electrons. The van der Waals surface area contributed by atoms with E-state index in [4.69, 9.17) is 4.74 Å². The molecule has 6 heteroatoms. The van der Waals surface area contributed by atoms with Crippen LogP contribution in [0.25, 0.3) is 0 Å². The summed E-state index contributed by atoms with van der Waals surface area (Å²) < 4.78 is 5.32. The van der Waals surface area contributed by atoms with Crippen molar-refractivity contribution in [3.05, 3.63) is 64.2 Å². The molecule has 0 N–H and O–H groups in total. The van der Waals surface area contributed by atoms with Gasteiger partial charge in [0.2, 0.25) is 0 Å². The summed E-state index contributed by atoms with van der Waals surface area (Å²) in [4.78, 5) is 41.6. The summed E-state index contributed by atoms with van der Waals surface area (Å²) in [6.45, 7) is 4.99. The molecule has 1 saturated heterocycles. The summed E-state index contributed by atoms with van der Waals surface area (Å²) >= 11 is 0. The lowest BCUT2D eigenvalue weighted by molar-refractivity contribution is 0.0724. The number of hydrogen-bond acceptors (Lipinski definition) is 4. The standard InChI is InChI=1S/C22H22N2O4/c1-13-5-4-6-19(14(13)2)24-21(26)17-8-7-15(11-18(17)22(24)27)20(25)23-10-9-16(12-23)28-3/h4-8,11,16H,9-10,12H2,1-3H3. The number of nitrogens with zero attached hydrogens (tertiary/aromatic N) is 2. The van der Waals surface area contributed by atoms with Gasteiger partial charge in [-0.2, -0.15) is 0 Å². The largest absolute Gasteiger partial charge is 0.380 e. The van der Waals surface area contributed by atoms with Crippen molar-refractivity contribution in [2.45, 2.75) is 26.4 Å². The van der Waals surface area contributed by atoms with Crippen molar-refractivity contribution in [2.75, 3.05) is 25.1 Å². The smallest absolute Gasteiger partial charge is 0.266 e. The molecule has 0 saturated carbocycles. The molecule has 3 amide bonds. The second-order valence-corrected chi connectivity index (χ2v) is 7.32. The molecular formula is C22H22N2O4. The van der Waals surface area contributed by atoms with Gasteiger partial charge in [0.25, 0.3) is 17.7 Å². The van der Waals surface area contributed by atoms with E-state index in [1.54, 1.807) is 36.3 Å². The minimum Gasteiger partial charge on any atom is -0.380 e. The lowest BCUT2D eigenvalue weighted by atomic mass is 10.0. The number of likely N-dealkylation sites (tertiary alicyclic amines) is 1. The van der Waals surface area contributed by atoms with Gasteiger partial charge in [-0.3, -0.25) is 14.4 Å². The van der Waals surface area contributed by atoms with E-state index < -0.39 is 0 Å². The van der Waals surface area contributed by atoms with Gasteiger partial charge in [-0.15, -0.1) is 0 Å². The van der Waals surface area contributed by atoms with Crippen molar-refractivity contribution in [1.82, 2.24) is 4.90 Å². The first kappa shape index (κ1) is 18.4. The average Bonchev–Trinajstić information content (AvgIpc) is 3.27. The van der Waals surface area contributed by atoms with Gasteiger partial charge >= 0.3 is 0 Å². The van der Waals surface area contributed by atoms with Gasteiger partial charge in [-0.1, -0.05) is 12.1 Å². The molecule has 0 aromatic heterocycles. The van der Waals surface area contributed by atoms with Gasteiger partial charge in [0.15, 0.2) is 0 Å². The highest BCUT2D eigenvalue weighted by Gasteiger charge is 2.38. The number of carbonyl (C=O) groups excluding carboxylic acids is 3. The van der Waals surface area contributed by atoms with Crippen molar-refractivity contribution in [2.24, 2.45) is 0 Å². The van der Waals surface area contributed by atoms with Gasteiger partial charge in [-0.25, -0.2) is 4.90 Å². The van der Waals surface area contributed by atoms with E-state index in [1.165, 1.54) is 4.90 Å². The molecule has 1 fully saturated rings. The molecule has 28 heavy (non-hydrogen) atoms. The minimum atomic E-state index is -0.389. The van der Waals surface area contributed by atoms with Crippen molar-refractivity contribution >= 4 is 23.4 Å². The van der Waals surface area contributed by atoms with E-state index in [1.807, 2.05) is 26.0 Å². The molecule has 1 unspecified atom stereocenters. The van der Waals surface area contributed by atoms with Gasteiger partial charge in [-0.05, 0) is 55.7 Å². The molecule has 0 bridgehead atoms. The third-order valence-corrected chi connectivity index (χ3v) is 5.72. The van der Waals surface area contributed by atoms with Gasteiger partial charge in [0, 0.05) is 25.8 Å². The van der Waals surface area contributed by atoms with Crippen LogP contribution < -0.4 is 4.90 Å². The Morgan fingerprint density at radius 1 is 1.07 bits per heavy atom. The van der Waals surface area contributed by atoms with Crippen LogP contribution in [0, 0.1) is 13.8 Å². The number of fused-ring (bicyclic) bond motifs is 1. The van der Waals surface area contributed by atoms with Crippen LogP contribution in [0.4, 0.5) is 5.69 Å². The third kappa shape index (κ3) is 2.81. The summed E-state index contributed by atoms with van der Waals surface area (Å²) in [7, 11) is 1.64. The first-order valence-corrected chi connectivity index (χ1v) is 9.33. The lowest BCUT2D eigenvalue weighted by Gasteiger charge is -2.17. The zero-order valence-electron chi connectivity index (χ0n) is 16.2. The minimum absolute atomic E-state index is 0.0429. The molecule has 1 atom stereocenters. The van der Waals surface area contributed by atoms with E-state index in [2.05, 4.69) is 0 Å². The molecule has 4 rings (SSSR count). The number of benzene rings is 2. The molecule has 2 heterocycles. The molecule has 6 nitrogen and oxygen atoms in total. The average molecular weight is 378 g/mol. The molecule has 2 aromatic rings. The van der Waals surface area contributed by atoms with Crippen molar-refractivity contribution in [3.8, 4) is 0 Å². The predicted molar refractivity (Wildman–Crippen MR) is 105 cm³/mol. The topological polar surface area (TPSA) is 66.9 Å². The molecule has 2 aliphatic rings. The first-order valence-electron chi connectivity index (χ1n) is 9.33. The quantitative estimate of drug-likeness (QED) is 0.770. The van der Waals surface area contributed by atoms with Crippen molar-refractivity contribution < 1.29 is 19.1 Å². The second kappa shape index (κ2) is 6.87. The molecule has 0 spiro atoms. The third-order valence-electron chi connectivity index (χ3n) is 5.72. The first-order chi connectivity index (χ1) is 13.4. The number of aryl methyl sites for hydroxylation is 1. The summed E-state index contributed by atoms with van der Waals surface area (Å²) in [6, 6.07) is 10.3. The number of rotatable bonds is 3. The van der Waals surface area contributed by atoms with E-state index in [-0.39, 0.29) is 29.4 Å². The Kier molecular flexibility index (Phi) is 4.51. The monoisotopic (exact) mass is 378 g/mol. The summed E-state index contributed by atoms with van der Waals surface area (Å²) in [5.74, 6) is -0.888. The number of imide groups is 1. The van der Waals surface area contributed by atoms with E-state index >= 15 is 0 Å². The zero-order valence-corrected chi connectivity index (χ0v) is 16.2. The van der Waals surface area contributed by atoms with Gasteiger partial charge in [0.1, 0.15) is 0 Å². The van der Waals surface area contributed by atoms with Crippen LogP contribution in [0.1, 0.15) is 48.6 Å². The highest BCUT2D eigenvalue weighted by Crippen LogP contribution is 2.32. The molecule has 144 valence electrons. The summed E-state index contributed by atoms with van der Waals surface area (Å²) in [5.41, 5.74) is 3.50. The second-order valence-electron chi connectivity index (χ2n) is 7.32. The Labute approximate surface area is 163 Å². The molecule has 2 aliphatic heterocycles. The summed E-state index contributed by atoms with van der Waals surface area (Å²) in [6.07, 6.45) is 0.840. The Morgan fingerprint density at radius 2 is 1.82 bits per heavy atom. The Balaban J connectivity index is 1.66. The normalized spacial score (nSPS) is 18.8. The van der Waals surface area contributed by atoms with Crippen LogP contribution in [0.5, 0.6) is 0 Å². The molecule has 0 aliphatic carbocycles. The fourth-order valence-corrected chi connectivity index (χ4v) is 3.86. The van der Waals surface area contributed by atoms with E-state index in [0.29, 0.717) is 29.9 Å². The lowest BCUT2D eigenvalue weighted by Crippen LogP contribution is -2.30. The van der Waals surface area contributed by atoms with Gasteiger partial charge in [0.05, 0.1) is 22.9 Å². The number of anilines is 1. The van der Waals surface area contributed by atoms with Crippen LogP contribution in [0.3, 0.4) is 0 Å². The number of amides is 3. The van der Waals surface area contributed by atoms with Crippen LogP contribution >= 0.6 is 0 Å². The highest BCUT2D eigenvalue weighted by molar-refractivity contribution is 6.35. The number of carbonyl (C=O) groups is 3. The Bertz CT molecular complexity index is 998. The molecule has 2 aromatic carbocycles. The maximum atomic E-state index is 13.0. The predicted octanol–water partition coefficient (Wildman–Crippen LogP) is 2.96. The van der Waals surface area contributed by atoms with Crippen LogP contribution in [0.15, 0.2) is 36.4 Å². The maximum absolute atomic E-state index is 13.0. The van der Waals surface area contributed by atoms with Crippen LogP contribution in [-0.2, 0) is 4.74 Å². The molecular weight excluding hydrogens is 356 g/mol. The Morgan fingerprint density at radius 3 is 2.54 bits per heavy atom. The Hall–Kier alpha value is -2.99. The number of methoxy groups -OCH3 is 1. The van der Waals surface area contributed by atoms with Crippen molar-refractivity contribution in [3.63, 3.8) is 0 Å². The fraction of sp³-hybridized carbons (Fsp3) is 0.318. The number of ether oxygens (including phenoxy) is 1. The van der Waals surface area contributed by atoms with Crippen LogP contribution in [-0.4, -0.2) is 48.9 Å². The zero-order chi connectivity index (χ0) is 20.0. The number of hydrogen-bond donors (Lipinski definition) is 0. The van der Waals surface area contributed by atoms with E-state index in [9.17, 15) is 14.4 Å². The maximum Gasteiger partial charge on any atom is 0.266 e. The summed E-state index contributed by atoms with van der Waals surface area (Å²) in [5, 5.41) is 0. The van der Waals surface area contributed by atoms with Gasteiger partial charge < -0.3 is 9.64 Å².